The summed E-state index contributed by atoms with van der Waals surface area (Å²) in [4.78, 5) is 10.5. The van der Waals surface area contributed by atoms with Crippen LogP contribution < -0.4 is 5.32 Å². The Balaban J connectivity index is 0.945. The van der Waals surface area contributed by atoms with Gasteiger partial charge in [-0.3, -0.25) is 0 Å². The molecule has 0 fully saturated rings. The molecular formula is C53H33N3O. The van der Waals surface area contributed by atoms with Crippen LogP contribution in [0.4, 0.5) is 0 Å². The van der Waals surface area contributed by atoms with Crippen molar-refractivity contribution in [2.75, 3.05) is 0 Å². The van der Waals surface area contributed by atoms with E-state index in [4.69, 9.17) is 14.4 Å². The number of hydrogen-bond acceptors (Lipinski definition) is 4. The zero-order chi connectivity index (χ0) is 37.5. The Kier molecular flexibility index (Phi) is 6.96. The molecule has 10 aromatic rings. The van der Waals surface area contributed by atoms with Crippen molar-refractivity contribution in [3.63, 3.8) is 0 Å². The highest BCUT2D eigenvalue weighted by molar-refractivity contribution is 6.19. The summed E-state index contributed by atoms with van der Waals surface area (Å²) >= 11 is 0. The van der Waals surface area contributed by atoms with Crippen LogP contribution in [0.15, 0.2) is 202 Å². The van der Waals surface area contributed by atoms with Gasteiger partial charge >= 0.3 is 0 Å². The molecule has 2 aliphatic rings. The van der Waals surface area contributed by atoms with Crippen molar-refractivity contribution >= 4 is 55.2 Å². The molecule has 0 amide bonds. The molecule has 9 aromatic carbocycles. The van der Waals surface area contributed by atoms with Crippen molar-refractivity contribution in [1.82, 2.24) is 5.32 Å². The van der Waals surface area contributed by atoms with Crippen molar-refractivity contribution in [3.05, 3.63) is 205 Å². The first-order valence-corrected chi connectivity index (χ1v) is 19.4. The van der Waals surface area contributed by atoms with Gasteiger partial charge in [0.15, 0.2) is 5.84 Å². The highest BCUT2D eigenvalue weighted by Gasteiger charge is 2.24. The zero-order valence-electron chi connectivity index (χ0n) is 30.8. The van der Waals surface area contributed by atoms with Crippen LogP contribution in [0, 0.1) is 0 Å². The van der Waals surface area contributed by atoms with E-state index < -0.39 is 0 Å². The molecule has 2 heterocycles. The summed E-state index contributed by atoms with van der Waals surface area (Å²) in [5.41, 5.74) is 14.7. The van der Waals surface area contributed by atoms with Gasteiger partial charge in [0.2, 0.25) is 0 Å². The van der Waals surface area contributed by atoms with E-state index in [9.17, 15) is 0 Å². The number of fused-ring (bicyclic) bond motifs is 7. The summed E-state index contributed by atoms with van der Waals surface area (Å²) < 4.78 is 6.18. The van der Waals surface area contributed by atoms with Gasteiger partial charge < -0.3 is 9.73 Å². The molecule has 0 saturated carbocycles. The molecule has 4 nitrogen and oxygen atoms in total. The van der Waals surface area contributed by atoms with E-state index >= 15 is 0 Å². The number of hydrogen-bond donors (Lipinski definition) is 1. The van der Waals surface area contributed by atoms with Gasteiger partial charge in [-0.15, -0.1) is 0 Å². The molecule has 0 saturated heterocycles. The molecule has 1 N–H and O–H groups in total. The van der Waals surface area contributed by atoms with E-state index in [1.807, 2.05) is 12.1 Å². The molecule has 1 atom stereocenters. The minimum Gasteiger partial charge on any atom is -0.456 e. The highest BCUT2D eigenvalue weighted by Crippen LogP contribution is 2.49. The van der Waals surface area contributed by atoms with Gasteiger partial charge in [-0.2, -0.15) is 0 Å². The molecule has 0 spiro atoms. The lowest BCUT2D eigenvalue weighted by molar-refractivity contribution is 0.663. The third-order valence-corrected chi connectivity index (χ3v) is 11.7. The normalized spacial score (nSPS) is 14.5. The van der Waals surface area contributed by atoms with Crippen LogP contribution >= 0.6 is 0 Å². The molecule has 0 bridgehead atoms. The Bertz CT molecular complexity index is 3320. The fourth-order valence-corrected chi connectivity index (χ4v) is 8.91. The maximum atomic E-state index is 6.18. The van der Waals surface area contributed by atoms with E-state index in [0.29, 0.717) is 5.84 Å². The number of rotatable bonds is 5. The Morgan fingerprint density at radius 3 is 1.93 bits per heavy atom. The Morgan fingerprint density at radius 1 is 0.404 bits per heavy atom. The molecular weight excluding hydrogens is 695 g/mol. The predicted molar refractivity (Wildman–Crippen MR) is 236 cm³/mol. The number of aliphatic imine (C=N–C) groups is 2. The maximum Gasteiger partial charge on any atom is 0.159 e. The fraction of sp³-hybridized carbons (Fsp3) is 0.0189. The van der Waals surface area contributed by atoms with Crippen LogP contribution in [0.3, 0.4) is 0 Å². The average Bonchev–Trinajstić information content (AvgIpc) is 3.82. The van der Waals surface area contributed by atoms with Crippen molar-refractivity contribution in [2.24, 2.45) is 9.98 Å². The van der Waals surface area contributed by atoms with E-state index in [0.717, 1.165) is 61.0 Å². The summed E-state index contributed by atoms with van der Waals surface area (Å²) in [7, 11) is 0. The molecule has 1 aliphatic heterocycles. The smallest absolute Gasteiger partial charge is 0.159 e. The van der Waals surface area contributed by atoms with Crippen LogP contribution in [0.2, 0.25) is 0 Å². The monoisotopic (exact) mass is 727 g/mol. The average molecular weight is 728 g/mol. The molecule has 4 heteroatoms. The van der Waals surface area contributed by atoms with E-state index in [1.165, 1.54) is 49.5 Å². The van der Waals surface area contributed by atoms with Gasteiger partial charge in [0.25, 0.3) is 0 Å². The van der Waals surface area contributed by atoms with Crippen molar-refractivity contribution < 1.29 is 4.42 Å². The molecule has 57 heavy (non-hydrogen) atoms. The highest BCUT2D eigenvalue weighted by atomic mass is 16.3. The summed E-state index contributed by atoms with van der Waals surface area (Å²) in [6.45, 7) is 0. The lowest BCUT2D eigenvalue weighted by atomic mass is 9.92. The van der Waals surface area contributed by atoms with Crippen LogP contribution in [-0.2, 0) is 0 Å². The van der Waals surface area contributed by atoms with E-state index in [2.05, 4.69) is 181 Å². The summed E-state index contributed by atoms with van der Waals surface area (Å²) in [5, 5.41) is 10.8. The fourth-order valence-electron chi connectivity index (χ4n) is 8.91. The quantitative estimate of drug-likeness (QED) is 0.192. The third kappa shape index (κ3) is 5.15. The minimum absolute atomic E-state index is 0.362. The summed E-state index contributed by atoms with van der Waals surface area (Å²) in [6, 6.07) is 67.0. The second kappa shape index (κ2) is 12.5. The largest absolute Gasteiger partial charge is 0.456 e. The van der Waals surface area contributed by atoms with Crippen LogP contribution in [0.1, 0.15) is 22.9 Å². The van der Waals surface area contributed by atoms with Crippen molar-refractivity contribution in [2.45, 2.75) is 6.17 Å². The summed E-state index contributed by atoms with van der Waals surface area (Å²) in [6.07, 6.45) is -0.362. The number of nitrogens with zero attached hydrogens (tertiary/aromatic N) is 2. The van der Waals surface area contributed by atoms with Crippen LogP contribution in [-0.4, -0.2) is 11.7 Å². The Morgan fingerprint density at radius 2 is 1.05 bits per heavy atom. The first-order chi connectivity index (χ1) is 28.2. The van der Waals surface area contributed by atoms with Crippen molar-refractivity contribution in [3.8, 4) is 44.5 Å². The maximum absolute atomic E-state index is 6.18. The number of nitrogens with one attached hydrogen (secondary N) is 1. The number of amidine groups is 2. The standard InChI is InChI=1S/C53H33N3O/c1-2-11-33-29-38(23-22-32(33)10-1)52-54-51(55-53(56-52)39-24-27-49-47(31-39)43-18-5-6-21-48(43)57-49)37-15-8-13-35(30-37)34-12-7-14-36(28-34)40-25-26-46-42-17-4-3-16-41(42)45-20-9-19-44(40)50(45)46/h1-31,53H,(H,54,55,56). The minimum atomic E-state index is -0.362. The van der Waals surface area contributed by atoms with Crippen LogP contribution in [0.5, 0.6) is 0 Å². The second-order valence-corrected chi connectivity index (χ2v) is 15.0. The first-order valence-electron chi connectivity index (χ1n) is 19.4. The summed E-state index contributed by atoms with van der Waals surface area (Å²) in [5.74, 6) is 1.47. The van der Waals surface area contributed by atoms with Gasteiger partial charge in [-0.1, -0.05) is 152 Å². The lowest BCUT2D eigenvalue weighted by Crippen LogP contribution is -2.33. The van der Waals surface area contributed by atoms with E-state index in [-0.39, 0.29) is 6.17 Å². The first kappa shape index (κ1) is 31.8. The lowest BCUT2D eigenvalue weighted by Gasteiger charge is -2.24. The van der Waals surface area contributed by atoms with Crippen LogP contribution in [0.25, 0.3) is 88.0 Å². The van der Waals surface area contributed by atoms with Gasteiger partial charge in [-0.05, 0) is 108 Å². The van der Waals surface area contributed by atoms with E-state index in [1.54, 1.807) is 0 Å². The molecule has 266 valence electrons. The van der Waals surface area contributed by atoms with Gasteiger partial charge in [0, 0.05) is 21.9 Å². The third-order valence-electron chi connectivity index (χ3n) is 11.7. The topological polar surface area (TPSA) is 49.9 Å². The number of para-hydroxylation sites is 1. The molecule has 1 aliphatic carbocycles. The van der Waals surface area contributed by atoms with Crippen molar-refractivity contribution in [1.29, 1.82) is 0 Å². The molecule has 1 unspecified atom stereocenters. The molecule has 0 radical (unpaired) electrons. The molecule has 1 aromatic heterocycles. The van der Waals surface area contributed by atoms with Gasteiger partial charge in [0.05, 0.1) is 0 Å². The Labute approximate surface area is 329 Å². The Hall–Kier alpha value is -7.56. The SMILES string of the molecule is c1cc(C2=NC(c3ccc4ccccc4c3)=NC(c3ccc4oc5ccccc5c4c3)N2)cc(-c2cccc(-c3ccc4c5c(cccc35)-c3ccccc3-4)c2)c1. The zero-order valence-corrected chi connectivity index (χ0v) is 30.8. The van der Waals surface area contributed by atoms with Gasteiger partial charge in [0.1, 0.15) is 23.2 Å². The predicted octanol–water partition coefficient (Wildman–Crippen LogP) is 13.4. The number of benzene rings is 9. The molecule has 12 rings (SSSR count). The van der Waals surface area contributed by atoms with Gasteiger partial charge in [-0.25, -0.2) is 9.98 Å². The number of furan rings is 1. The second-order valence-electron chi connectivity index (χ2n) is 15.0.